The molecule has 5 heteroatoms. The van der Waals surface area contributed by atoms with Gasteiger partial charge in [0.1, 0.15) is 6.33 Å². The molecule has 2 N–H and O–H groups in total. The highest BCUT2D eigenvalue weighted by Crippen LogP contribution is 2.00. The Morgan fingerprint density at radius 1 is 1.64 bits per heavy atom. The lowest BCUT2D eigenvalue weighted by Crippen LogP contribution is -2.40. The van der Waals surface area contributed by atoms with Gasteiger partial charge in [-0.25, -0.2) is 9.78 Å². The smallest absolute Gasteiger partial charge is 0.327 e. The van der Waals surface area contributed by atoms with E-state index in [1.807, 2.05) is 13.8 Å². The number of carbonyl (C=O) groups excluding carboxylic acids is 1. The summed E-state index contributed by atoms with van der Waals surface area (Å²) in [6, 6.07) is -0.287. The number of nitrogens with zero attached hydrogens (tertiary/aromatic N) is 2. The number of hydrogen-bond donors (Lipinski definition) is 2. The SMILES string of the molecule is CC(CO)C(C)NC(=O)n1ccnc1. The predicted octanol–water partition coefficient (Wildman–Crippen LogP) is 0.458. The van der Waals surface area contributed by atoms with Crippen molar-refractivity contribution in [2.45, 2.75) is 19.9 Å². The average Bonchev–Trinajstić information content (AvgIpc) is 2.69. The molecule has 1 heterocycles. The van der Waals surface area contributed by atoms with Crippen LogP contribution in [0.3, 0.4) is 0 Å². The Balaban J connectivity index is 2.49. The van der Waals surface area contributed by atoms with Gasteiger partial charge in [0, 0.05) is 25.0 Å². The van der Waals surface area contributed by atoms with Gasteiger partial charge in [0.25, 0.3) is 0 Å². The largest absolute Gasteiger partial charge is 0.396 e. The maximum atomic E-state index is 11.5. The summed E-state index contributed by atoms with van der Waals surface area (Å²) < 4.78 is 1.36. The van der Waals surface area contributed by atoms with Crippen LogP contribution in [0, 0.1) is 5.92 Å². The Hall–Kier alpha value is -1.36. The Morgan fingerprint density at radius 3 is 2.86 bits per heavy atom. The number of aromatic nitrogens is 2. The van der Waals surface area contributed by atoms with Gasteiger partial charge in [-0.1, -0.05) is 6.92 Å². The number of hydrogen-bond acceptors (Lipinski definition) is 3. The number of aliphatic hydroxyl groups excluding tert-OH is 1. The van der Waals surface area contributed by atoms with E-state index < -0.39 is 0 Å². The fraction of sp³-hybridized carbons (Fsp3) is 0.556. The van der Waals surface area contributed by atoms with Crippen LogP contribution in [0.15, 0.2) is 18.7 Å². The highest BCUT2D eigenvalue weighted by Gasteiger charge is 2.14. The van der Waals surface area contributed by atoms with Gasteiger partial charge in [0.15, 0.2) is 0 Å². The zero-order valence-corrected chi connectivity index (χ0v) is 8.34. The van der Waals surface area contributed by atoms with Crippen molar-refractivity contribution in [1.29, 1.82) is 0 Å². The standard InChI is InChI=1S/C9H15N3O2/c1-7(5-13)8(2)11-9(14)12-4-3-10-6-12/h3-4,6-8,13H,5H2,1-2H3,(H,11,14). The summed E-state index contributed by atoms with van der Waals surface area (Å²) in [5, 5.41) is 11.6. The highest BCUT2D eigenvalue weighted by molar-refractivity contribution is 5.76. The summed E-state index contributed by atoms with van der Waals surface area (Å²) in [4.78, 5) is 15.2. The van der Waals surface area contributed by atoms with Crippen LogP contribution in [0.1, 0.15) is 13.8 Å². The number of amides is 1. The number of imidazole rings is 1. The molecular weight excluding hydrogens is 182 g/mol. The molecule has 0 aromatic carbocycles. The zero-order valence-electron chi connectivity index (χ0n) is 8.34. The van der Waals surface area contributed by atoms with Gasteiger partial charge in [0.2, 0.25) is 0 Å². The van der Waals surface area contributed by atoms with E-state index in [2.05, 4.69) is 10.3 Å². The van der Waals surface area contributed by atoms with Crippen molar-refractivity contribution in [2.75, 3.05) is 6.61 Å². The van der Waals surface area contributed by atoms with Crippen molar-refractivity contribution >= 4 is 6.03 Å². The third-order valence-electron chi connectivity index (χ3n) is 2.23. The van der Waals surface area contributed by atoms with Crippen molar-refractivity contribution < 1.29 is 9.90 Å². The van der Waals surface area contributed by atoms with Crippen molar-refractivity contribution in [3.05, 3.63) is 18.7 Å². The van der Waals surface area contributed by atoms with E-state index in [-0.39, 0.29) is 24.6 Å². The van der Waals surface area contributed by atoms with E-state index >= 15 is 0 Å². The first-order valence-corrected chi connectivity index (χ1v) is 4.55. The molecule has 2 atom stereocenters. The summed E-state index contributed by atoms with van der Waals surface area (Å²) in [6.45, 7) is 3.79. The molecule has 0 saturated carbocycles. The molecule has 0 fully saturated rings. The second-order valence-corrected chi connectivity index (χ2v) is 3.37. The maximum Gasteiger partial charge on any atom is 0.327 e. The Morgan fingerprint density at radius 2 is 2.36 bits per heavy atom. The van der Waals surface area contributed by atoms with Gasteiger partial charge in [-0.05, 0) is 12.8 Å². The van der Waals surface area contributed by atoms with Crippen LogP contribution >= 0.6 is 0 Å². The number of rotatable bonds is 3. The predicted molar refractivity (Wildman–Crippen MR) is 51.9 cm³/mol. The average molecular weight is 197 g/mol. The number of nitrogens with one attached hydrogen (secondary N) is 1. The van der Waals surface area contributed by atoms with Crippen LogP contribution in [0.5, 0.6) is 0 Å². The van der Waals surface area contributed by atoms with Crippen molar-refractivity contribution in [2.24, 2.45) is 5.92 Å². The van der Waals surface area contributed by atoms with E-state index in [0.29, 0.717) is 0 Å². The second-order valence-electron chi connectivity index (χ2n) is 3.37. The van der Waals surface area contributed by atoms with Crippen LogP contribution < -0.4 is 5.32 Å². The molecule has 1 amide bonds. The van der Waals surface area contributed by atoms with Crippen LogP contribution in [-0.4, -0.2) is 33.3 Å². The molecule has 1 aromatic heterocycles. The molecule has 0 saturated heterocycles. The molecule has 78 valence electrons. The first kappa shape index (κ1) is 10.7. The van der Waals surface area contributed by atoms with E-state index in [0.717, 1.165) is 0 Å². The van der Waals surface area contributed by atoms with E-state index in [4.69, 9.17) is 5.11 Å². The third kappa shape index (κ3) is 2.56. The molecule has 2 unspecified atom stereocenters. The third-order valence-corrected chi connectivity index (χ3v) is 2.23. The summed E-state index contributed by atoms with van der Waals surface area (Å²) in [5.41, 5.74) is 0. The minimum absolute atomic E-state index is 0.0440. The lowest BCUT2D eigenvalue weighted by molar-refractivity contribution is 0.201. The van der Waals surface area contributed by atoms with Crippen molar-refractivity contribution in [3.63, 3.8) is 0 Å². The number of aliphatic hydroxyl groups is 1. The highest BCUT2D eigenvalue weighted by atomic mass is 16.3. The molecule has 5 nitrogen and oxygen atoms in total. The molecule has 0 aliphatic carbocycles. The molecule has 1 rings (SSSR count). The normalized spacial score (nSPS) is 14.8. The first-order valence-electron chi connectivity index (χ1n) is 4.55. The van der Waals surface area contributed by atoms with E-state index in [1.165, 1.54) is 10.9 Å². The Labute approximate surface area is 82.8 Å². The van der Waals surface area contributed by atoms with Crippen LogP contribution in [-0.2, 0) is 0 Å². The lowest BCUT2D eigenvalue weighted by atomic mass is 10.1. The van der Waals surface area contributed by atoms with E-state index in [9.17, 15) is 4.79 Å². The quantitative estimate of drug-likeness (QED) is 0.739. The van der Waals surface area contributed by atoms with Gasteiger partial charge in [-0.3, -0.25) is 4.57 Å². The monoisotopic (exact) mass is 197 g/mol. The fourth-order valence-electron chi connectivity index (χ4n) is 0.949. The molecule has 1 aromatic rings. The van der Waals surface area contributed by atoms with Crippen molar-refractivity contribution in [3.8, 4) is 0 Å². The lowest BCUT2D eigenvalue weighted by Gasteiger charge is -2.18. The van der Waals surface area contributed by atoms with Gasteiger partial charge in [-0.15, -0.1) is 0 Å². The zero-order chi connectivity index (χ0) is 10.6. The summed E-state index contributed by atoms with van der Waals surface area (Å²) in [7, 11) is 0. The van der Waals surface area contributed by atoms with Gasteiger partial charge in [0.05, 0.1) is 0 Å². The van der Waals surface area contributed by atoms with Crippen LogP contribution in [0.25, 0.3) is 0 Å². The molecule has 0 bridgehead atoms. The van der Waals surface area contributed by atoms with Crippen molar-refractivity contribution in [1.82, 2.24) is 14.9 Å². The van der Waals surface area contributed by atoms with E-state index in [1.54, 1.807) is 12.4 Å². The molecule has 0 aliphatic heterocycles. The summed E-state index contributed by atoms with van der Waals surface area (Å²) >= 11 is 0. The molecule has 0 aliphatic rings. The molecule has 0 spiro atoms. The maximum absolute atomic E-state index is 11.5. The molecule has 14 heavy (non-hydrogen) atoms. The van der Waals surface area contributed by atoms with Gasteiger partial charge >= 0.3 is 6.03 Å². The van der Waals surface area contributed by atoms with Crippen LogP contribution in [0.2, 0.25) is 0 Å². The summed E-state index contributed by atoms with van der Waals surface area (Å²) in [6.07, 6.45) is 4.55. The van der Waals surface area contributed by atoms with Gasteiger partial charge in [-0.2, -0.15) is 0 Å². The Kier molecular flexibility index (Phi) is 3.64. The Bertz CT molecular complexity index is 284. The molecule has 0 radical (unpaired) electrons. The second kappa shape index (κ2) is 4.76. The molecular formula is C9H15N3O2. The minimum atomic E-state index is -0.227. The number of carbonyl (C=O) groups is 1. The topological polar surface area (TPSA) is 67.2 Å². The fourth-order valence-corrected chi connectivity index (χ4v) is 0.949. The minimum Gasteiger partial charge on any atom is -0.396 e. The van der Waals surface area contributed by atoms with Crippen LogP contribution in [0.4, 0.5) is 4.79 Å². The van der Waals surface area contributed by atoms with Gasteiger partial charge < -0.3 is 10.4 Å². The summed E-state index contributed by atoms with van der Waals surface area (Å²) in [5.74, 6) is 0.0440. The first-order chi connectivity index (χ1) is 6.65.